The van der Waals surface area contributed by atoms with Crippen molar-refractivity contribution in [2.75, 3.05) is 9.80 Å². The molecule has 14 aromatic carbocycles. The van der Waals surface area contributed by atoms with Crippen molar-refractivity contribution in [1.29, 1.82) is 0 Å². The summed E-state index contributed by atoms with van der Waals surface area (Å²) in [6.07, 6.45) is 0. The maximum Gasteiger partial charge on any atom is 0.252 e. The van der Waals surface area contributed by atoms with E-state index >= 15 is 0 Å². The van der Waals surface area contributed by atoms with E-state index in [1.165, 1.54) is 4.57 Å². The summed E-state index contributed by atoms with van der Waals surface area (Å²) in [5.41, 5.74) is -6.98. The Morgan fingerprint density at radius 2 is 0.569 bits per heavy atom. The van der Waals surface area contributed by atoms with Gasteiger partial charge in [0, 0.05) is 72.2 Å². The highest BCUT2D eigenvalue weighted by atomic mass is 15.2. The number of anilines is 6. The van der Waals surface area contributed by atoms with E-state index in [1.54, 1.807) is 84.2 Å². The molecule has 702 valence electrons. The molecule has 0 saturated carbocycles. The Morgan fingerprint density at radius 1 is 0.219 bits per heavy atom. The zero-order valence-corrected chi connectivity index (χ0v) is 87.7. The van der Waals surface area contributed by atoms with Crippen LogP contribution < -0.4 is 26.2 Å². The van der Waals surface area contributed by atoms with Gasteiger partial charge in [-0.1, -0.05) is 419 Å². The third-order valence-corrected chi connectivity index (χ3v) is 27.4. The van der Waals surface area contributed by atoms with Gasteiger partial charge in [0.25, 0.3) is 6.71 Å². The Balaban J connectivity index is 1.27. The molecule has 2 aliphatic rings. The van der Waals surface area contributed by atoms with Crippen molar-refractivity contribution in [3.63, 3.8) is 0 Å². The minimum Gasteiger partial charge on any atom is -0.310 e. The summed E-state index contributed by atoms with van der Waals surface area (Å²) in [5.74, 6) is 0. The molecule has 0 fully saturated rings. The van der Waals surface area contributed by atoms with Crippen molar-refractivity contribution >= 4 is 101 Å². The van der Waals surface area contributed by atoms with Gasteiger partial charge in [-0.05, 0) is 272 Å². The second-order valence-corrected chi connectivity index (χ2v) is 50.8. The number of hydrogen-bond acceptors (Lipinski definition) is 2. The number of aromatic nitrogens is 2. The van der Waals surface area contributed by atoms with Gasteiger partial charge in [-0.15, -0.1) is 0 Å². The summed E-state index contributed by atoms with van der Waals surface area (Å²) in [7, 11) is 0. The van der Waals surface area contributed by atoms with Crippen LogP contribution >= 0.6 is 0 Å². The molecule has 0 unspecified atom stereocenters. The maximum atomic E-state index is 12.1. The van der Waals surface area contributed by atoms with Crippen LogP contribution in [-0.4, -0.2) is 15.8 Å². The lowest BCUT2D eigenvalue weighted by molar-refractivity contribution is 0.568. The van der Waals surface area contributed by atoms with Crippen molar-refractivity contribution in [1.82, 2.24) is 9.13 Å². The predicted molar refractivity (Wildman–Crippen MR) is 601 cm³/mol. The van der Waals surface area contributed by atoms with Crippen molar-refractivity contribution < 1.29 is 35.6 Å². The average molecular weight is 1830 g/mol. The molecule has 0 saturated heterocycles. The van der Waals surface area contributed by atoms with E-state index in [1.807, 2.05) is 140 Å². The Labute approximate surface area is 859 Å². The van der Waals surface area contributed by atoms with Crippen LogP contribution in [0.5, 0.6) is 0 Å². The summed E-state index contributed by atoms with van der Waals surface area (Å²) >= 11 is 0. The van der Waals surface area contributed by atoms with Gasteiger partial charge in [-0.2, -0.15) is 0 Å². The fraction of sp³-hybridized carbons (Fsp3) is 0.364. The van der Waals surface area contributed by atoms with E-state index < -0.39 is 239 Å². The molecular formula is C132H151BN4. The number of para-hydroxylation sites is 2. The lowest BCUT2D eigenvalue weighted by atomic mass is 9.33. The SMILES string of the molecule is [2H]c1c([2H])c(C(C)(C)C)c(-c2c([2H])c(C(C)(C)C)c([2H])c(-c3c([2H])c([2H])c(C(C)(C)C)c([2H])c3[2H])c2N2c3cc(-c4cc(C(C)(C)C)cc(C(C)(C)C)c4)ccc3B3c4ccc(-n5c6ccc(C(C)(C)C)cc6c6cc(C(C)(C)C)ccc65)cc4N(c4c(-c5c([2H])c([2H])c(C(C)(C)C)c([2H])c5[2H])c([2H])c(C(C)(C)C)c([2H])c4-c4c([2H])c(C(C)(C)C)c([2H])c(C(C)(C)C)c4[2H])c4cc(-n5c6c([2H])c([2H])c([2H])c([2H])c6c6c([2H])c([2H])c([2H])c([2H])c65)cc2c43)c(C(C)(C)C)c1[2H]. The molecule has 0 bridgehead atoms. The lowest BCUT2D eigenvalue weighted by Crippen LogP contribution is -2.61. The molecule has 0 atom stereocenters. The normalized spacial score (nSPS) is 16.6. The highest BCUT2D eigenvalue weighted by molar-refractivity contribution is 7.00. The molecule has 16 aromatic rings. The highest BCUT2D eigenvalue weighted by Gasteiger charge is 2.48. The summed E-state index contributed by atoms with van der Waals surface area (Å²) in [6, 6.07) is 19.8. The van der Waals surface area contributed by atoms with Gasteiger partial charge < -0.3 is 18.9 Å². The van der Waals surface area contributed by atoms with E-state index in [0.717, 1.165) is 44.1 Å². The zero-order valence-electron chi connectivity index (χ0n) is 114. The minimum absolute atomic E-state index is 0.00399. The number of nitrogens with zero attached hydrogens (tertiary/aromatic N) is 4. The first-order valence-electron chi connectivity index (χ1n) is 61.6. The Bertz CT molecular complexity index is 8910. The topological polar surface area (TPSA) is 16.3 Å². The first-order valence-corrected chi connectivity index (χ1v) is 48.6. The maximum absolute atomic E-state index is 12.1. The second-order valence-electron chi connectivity index (χ2n) is 50.8. The molecule has 0 aliphatic carbocycles. The van der Waals surface area contributed by atoms with Crippen LogP contribution in [0.1, 0.15) is 352 Å². The molecule has 0 N–H and O–H groups in total. The molecule has 5 heteroatoms. The van der Waals surface area contributed by atoms with Gasteiger partial charge >= 0.3 is 0 Å². The van der Waals surface area contributed by atoms with Crippen molar-refractivity contribution in [3.8, 4) is 67.0 Å². The van der Waals surface area contributed by atoms with Crippen LogP contribution in [0.2, 0.25) is 0 Å². The van der Waals surface area contributed by atoms with E-state index in [4.69, 9.17) is 0 Å². The standard InChI is InChI=1S/C132H151BN4/c1-121(2,3)85-53-48-80(49-54-85)99-73-93(129(25,26)27)75-101(84-66-91(127(19,20)21)70-92(67-84)128(22,23)24)119(99)137-114-77-95(134-111-62-57-87(123(7,8)9)71-102(111)103-72-88(124(10,11)12)58-63-112(103)134)59-61-108(114)133-107-60-52-82(83-64-89(125(13,14)15)69-90(65-83)126(16,17)18)68-113(107)136(115-78-96(79-116(137)118(115)133)135-109-46-39-37-42-97(109)98-43-38-40-47-110(98)135)120-100(81-50-55-86(56-51-81)122(4,5)6)74-94(130(28,29)30)76-104(120)117-105(131(31,32)33)44-41-45-106(117)132(34,35)36/h37-79H,1-36H3/i37D,38D,39D,40D,41D,42D,43D,44D,45D,46D,47D,48D,49D,50D,51D,53D,54D,55D,56D,66D,67D,70D,73D,74D,75D,76D. The number of hydrogen-bond donors (Lipinski definition) is 0. The molecule has 2 aliphatic heterocycles. The summed E-state index contributed by atoms with van der Waals surface area (Å²) in [6.45, 7) is 68.1. The summed E-state index contributed by atoms with van der Waals surface area (Å²) < 4.78 is 287. The Kier molecular flexibility index (Phi) is 16.2. The van der Waals surface area contributed by atoms with Crippen LogP contribution in [0, 0.1) is 0 Å². The molecule has 4 heterocycles. The number of rotatable bonds is 9. The Hall–Kier alpha value is -11.7. The first kappa shape index (κ1) is 68.4. The molecule has 18 rings (SSSR count). The number of benzene rings is 14. The zero-order chi connectivity index (χ0) is 122. The van der Waals surface area contributed by atoms with Crippen molar-refractivity contribution in [2.24, 2.45) is 0 Å². The van der Waals surface area contributed by atoms with Gasteiger partial charge in [-0.25, -0.2) is 0 Å². The van der Waals surface area contributed by atoms with E-state index in [9.17, 15) is 35.6 Å². The molecular weight excluding hydrogens is 1650 g/mol. The fourth-order valence-corrected chi connectivity index (χ4v) is 19.2. The molecule has 0 radical (unpaired) electrons. The third-order valence-electron chi connectivity index (χ3n) is 27.4. The predicted octanol–water partition coefficient (Wildman–Crippen LogP) is 35.9. The highest BCUT2D eigenvalue weighted by Crippen LogP contribution is 2.59. The molecule has 4 nitrogen and oxygen atoms in total. The van der Waals surface area contributed by atoms with Crippen LogP contribution in [0.3, 0.4) is 0 Å². The van der Waals surface area contributed by atoms with Crippen molar-refractivity contribution in [2.45, 2.75) is 314 Å². The molecule has 2 aromatic heterocycles. The smallest absolute Gasteiger partial charge is 0.252 e. The molecule has 0 spiro atoms. The number of fused-ring (bicyclic) bond motifs is 10. The van der Waals surface area contributed by atoms with E-state index in [-0.39, 0.29) is 146 Å². The van der Waals surface area contributed by atoms with E-state index in [0.29, 0.717) is 27.7 Å². The first-order chi connectivity index (χ1) is 74.4. The summed E-state index contributed by atoms with van der Waals surface area (Å²) in [4.78, 5) is 3.55. The van der Waals surface area contributed by atoms with Gasteiger partial charge in [0.2, 0.25) is 0 Å². The molecule has 137 heavy (non-hydrogen) atoms. The van der Waals surface area contributed by atoms with Crippen LogP contribution in [0.4, 0.5) is 34.1 Å². The van der Waals surface area contributed by atoms with Crippen LogP contribution in [0.15, 0.2) is 260 Å². The molecule has 0 amide bonds. The largest absolute Gasteiger partial charge is 0.310 e. The van der Waals surface area contributed by atoms with Gasteiger partial charge in [-0.3, -0.25) is 0 Å². The van der Waals surface area contributed by atoms with Crippen LogP contribution in [-0.2, 0) is 65.0 Å². The quantitative estimate of drug-likeness (QED) is 0.134. The average Bonchev–Trinajstić information content (AvgIpc) is 1.27. The van der Waals surface area contributed by atoms with Gasteiger partial charge in [0.15, 0.2) is 0 Å². The van der Waals surface area contributed by atoms with E-state index in [2.05, 4.69) is 142 Å². The minimum atomic E-state index is -1.38. The lowest BCUT2D eigenvalue weighted by Gasteiger charge is -2.46. The Morgan fingerprint density at radius 3 is 0.971 bits per heavy atom. The van der Waals surface area contributed by atoms with Gasteiger partial charge in [0.05, 0.1) is 74.8 Å². The summed E-state index contributed by atoms with van der Waals surface area (Å²) in [5, 5.41) is 1.01. The monoisotopic (exact) mass is 1830 g/mol. The third kappa shape index (κ3) is 17.3. The second kappa shape index (κ2) is 32.5. The van der Waals surface area contributed by atoms with Crippen LogP contribution in [0.25, 0.3) is 111 Å². The fourth-order valence-electron chi connectivity index (χ4n) is 19.2. The van der Waals surface area contributed by atoms with Gasteiger partial charge in [0.1, 0.15) is 0 Å². The van der Waals surface area contributed by atoms with Crippen molar-refractivity contribution in [3.05, 3.63) is 327 Å².